The number of hydrogen-bond acceptors (Lipinski definition) is 4. The number of nitriles is 2. The molecule has 138 valence electrons. The molecule has 0 aliphatic carbocycles. The second-order valence-electron chi connectivity index (χ2n) is 9.03. The van der Waals surface area contributed by atoms with Gasteiger partial charge in [-0.3, -0.25) is 0 Å². The topological polar surface area (TPSA) is 71.6 Å². The van der Waals surface area contributed by atoms with Gasteiger partial charge in [-0.2, -0.15) is 10.5 Å². The first-order valence-electron chi connectivity index (χ1n) is 9.36. The number of nitrogens with one attached hydrogen (secondary N) is 2. The van der Waals surface area contributed by atoms with Crippen molar-refractivity contribution in [2.75, 3.05) is 0 Å². The molecule has 0 aromatic rings. The monoisotopic (exact) mass is 334 g/mol. The molecule has 0 saturated carbocycles. The zero-order valence-electron chi connectivity index (χ0n) is 17.0. The first-order chi connectivity index (χ1) is 11.0. The van der Waals surface area contributed by atoms with E-state index in [4.69, 9.17) is 0 Å². The second-order valence-corrected chi connectivity index (χ2v) is 9.03. The van der Waals surface area contributed by atoms with Gasteiger partial charge in [0, 0.05) is 0 Å². The highest BCUT2D eigenvalue weighted by atomic mass is 15.4. The lowest BCUT2D eigenvalue weighted by Gasteiger charge is -2.38. The van der Waals surface area contributed by atoms with Crippen LogP contribution in [-0.2, 0) is 0 Å². The molecule has 0 amide bonds. The first kappa shape index (κ1) is 22.9. The van der Waals surface area contributed by atoms with E-state index in [1.54, 1.807) is 0 Å². The fourth-order valence-corrected chi connectivity index (χ4v) is 3.64. The normalized spacial score (nSPS) is 12.9. The fraction of sp³-hybridized carbons (Fsp3) is 0.900. The summed E-state index contributed by atoms with van der Waals surface area (Å²) in [4.78, 5) is 0. The lowest BCUT2D eigenvalue weighted by molar-refractivity contribution is 0.185. The van der Waals surface area contributed by atoms with Gasteiger partial charge >= 0.3 is 0 Å². The molecule has 0 aliphatic rings. The average molecular weight is 335 g/mol. The zero-order chi connectivity index (χ0) is 19.0. The maximum absolute atomic E-state index is 9.87. The van der Waals surface area contributed by atoms with Crippen LogP contribution in [0.25, 0.3) is 0 Å². The van der Waals surface area contributed by atoms with Crippen LogP contribution in [0.2, 0.25) is 0 Å². The lowest BCUT2D eigenvalue weighted by Crippen LogP contribution is -2.61. The van der Waals surface area contributed by atoms with E-state index in [0.717, 1.165) is 25.7 Å². The van der Waals surface area contributed by atoms with Crippen molar-refractivity contribution in [3.8, 4) is 12.1 Å². The maximum Gasteiger partial charge on any atom is 0.119 e. The predicted octanol–water partition coefficient (Wildman–Crippen LogP) is 4.79. The van der Waals surface area contributed by atoms with E-state index in [9.17, 15) is 10.5 Å². The van der Waals surface area contributed by atoms with Gasteiger partial charge in [0.1, 0.15) is 11.1 Å². The third-order valence-corrected chi connectivity index (χ3v) is 4.00. The minimum absolute atomic E-state index is 0.407. The van der Waals surface area contributed by atoms with Crippen LogP contribution in [0.3, 0.4) is 0 Å². The van der Waals surface area contributed by atoms with Gasteiger partial charge in [-0.15, -0.1) is 0 Å². The van der Waals surface area contributed by atoms with Crippen molar-refractivity contribution >= 4 is 0 Å². The molecule has 0 spiro atoms. The van der Waals surface area contributed by atoms with Crippen molar-refractivity contribution < 1.29 is 0 Å². The summed E-state index contributed by atoms with van der Waals surface area (Å²) in [6, 6.07) is 5.00. The Morgan fingerprint density at radius 1 is 0.583 bits per heavy atom. The molecule has 2 N–H and O–H groups in total. The fourth-order valence-electron chi connectivity index (χ4n) is 3.64. The van der Waals surface area contributed by atoms with Gasteiger partial charge in [-0.05, 0) is 49.4 Å². The molecule has 0 fully saturated rings. The van der Waals surface area contributed by atoms with Gasteiger partial charge in [-0.25, -0.2) is 10.9 Å². The molecule has 0 rings (SSSR count). The van der Waals surface area contributed by atoms with Crippen LogP contribution < -0.4 is 10.9 Å². The Kier molecular flexibility index (Phi) is 9.56. The Morgan fingerprint density at radius 2 is 0.792 bits per heavy atom. The highest BCUT2D eigenvalue weighted by Gasteiger charge is 2.37. The largest absolute Gasteiger partial charge is 0.236 e. The highest BCUT2D eigenvalue weighted by Crippen LogP contribution is 2.27. The molecular formula is C20H38N4. The third-order valence-electron chi connectivity index (χ3n) is 4.00. The van der Waals surface area contributed by atoms with Gasteiger partial charge < -0.3 is 0 Å². The Hall–Kier alpha value is -1.10. The molecule has 0 heterocycles. The lowest BCUT2D eigenvalue weighted by atomic mass is 9.82. The van der Waals surface area contributed by atoms with Crippen LogP contribution >= 0.6 is 0 Å². The van der Waals surface area contributed by atoms with Crippen molar-refractivity contribution in [2.45, 2.75) is 92.2 Å². The van der Waals surface area contributed by atoms with Crippen LogP contribution in [0, 0.1) is 46.3 Å². The standard InChI is InChI=1S/C20H38N4/c1-15(2)9-19(13-21,10-16(3)4)23-24-20(14-22,11-17(5)6)12-18(7)8/h15-18,23-24H,9-12H2,1-8H3. The predicted molar refractivity (Wildman–Crippen MR) is 101 cm³/mol. The van der Waals surface area contributed by atoms with Crippen LogP contribution in [0.1, 0.15) is 81.1 Å². The van der Waals surface area contributed by atoms with E-state index < -0.39 is 11.1 Å². The molecule has 0 saturated heterocycles. The van der Waals surface area contributed by atoms with E-state index in [1.165, 1.54) is 0 Å². The molecule has 0 unspecified atom stereocenters. The summed E-state index contributed by atoms with van der Waals surface area (Å²) in [5.41, 5.74) is 5.35. The van der Waals surface area contributed by atoms with Gasteiger partial charge in [-0.1, -0.05) is 55.4 Å². The quantitative estimate of drug-likeness (QED) is 0.533. The van der Waals surface area contributed by atoms with Gasteiger partial charge in [0.15, 0.2) is 0 Å². The third kappa shape index (κ3) is 8.13. The van der Waals surface area contributed by atoms with E-state index in [2.05, 4.69) is 78.4 Å². The van der Waals surface area contributed by atoms with Crippen molar-refractivity contribution in [2.24, 2.45) is 23.7 Å². The Morgan fingerprint density at radius 3 is 0.917 bits per heavy atom. The Labute approximate surface area is 150 Å². The van der Waals surface area contributed by atoms with Crippen LogP contribution in [0.4, 0.5) is 0 Å². The molecular weight excluding hydrogens is 296 g/mol. The summed E-state index contributed by atoms with van der Waals surface area (Å²) in [6.45, 7) is 17.1. The van der Waals surface area contributed by atoms with Gasteiger partial charge in [0.2, 0.25) is 0 Å². The highest BCUT2D eigenvalue weighted by molar-refractivity contribution is 5.12. The Balaban J connectivity index is 5.43. The molecule has 0 radical (unpaired) electrons. The minimum Gasteiger partial charge on any atom is -0.236 e. The van der Waals surface area contributed by atoms with Crippen LogP contribution in [0.15, 0.2) is 0 Å². The maximum atomic E-state index is 9.87. The van der Waals surface area contributed by atoms with Crippen LogP contribution in [-0.4, -0.2) is 11.1 Å². The molecule has 0 aliphatic heterocycles. The molecule has 24 heavy (non-hydrogen) atoms. The first-order valence-corrected chi connectivity index (χ1v) is 9.36. The summed E-state index contributed by atoms with van der Waals surface area (Å²) in [5.74, 6) is 1.63. The van der Waals surface area contributed by atoms with E-state index in [-0.39, 0.29) is 0 Å². The van der Waals surface area contributed by atoms with Crippen molar-refractivity contribution in [1.29, 1.82) is 10.5 Å². The SMILES string of the molecule is CC(C)CC(C#N)(CC(C)C)NNC(C#N)(CC(C)C)CC(C)C. The smallest absolute Gasteiger partial charge is 0.119 e. The molecule has 0 bridgehead atoms. The molecule has 4 heteroatoms. The molecule has 0 atom stereocenters. The summed E-state index contributed by atoms with van der Waals surface area (Å²) < 4.78 is 0. The van der Waals surface area contributed by atoms with E-state index >= 15 is 0 Å². The average Bonchev–Trinajstić information content (AvgIpc) is 2.42. The second kappa shape index (κ2) is 10.0. The molecule has 4 nitrogen and oxygen atoms in total. The summed E-state index contributed by atoms with van der Waals surface area (Å²) in [5, 5.41) is 19.7. The number of hydrazine groups is 1. The zero-order valence-corrected chi connectivity index (χ0v) is 17.0. The number of nitrogens with zero attached hydrogens (tertiary/aromatic N) is 2. The molecule has 0 aromatic heterocycles. The summed E-state index contributed by atoms with van der Waals surface area (Å²) in [7, 11) is 0. The summed E-state index contributed by atoms with van der Waals surface area (Å²) >= 11 is 0. The minimum atomic E-state index is -0.640. The number of hydrogen-bond donors (Lipinski definition) is 2. The van der Waals surface area contributed by atoms with Gasteiger partial charge in [0.05, 0.1) is 12.1 Å². The van der Waals surface area contributed by atoms with Crippen LogP contribution in [0.5, 0.6) is 0 Å². The van der Waals surface area contributed by atoms with Gasteiger partial charge in [0.25, 0.3) is 0 Å². The number of rotatable bonds is 11. The summed E-state index contributed by atoms with van der Waals surface area (Å²) in [6.07, 6.45) is 3.05. The van der Waals surface area contributed by atoms with E-state index in [0.29, 0.717) is 23.7 Å². The molecule has 0 aromatic carbocycles. The van der Waals surface area contributed by atoms with Crippen molar-refractivity contribution in [1.82, 2.24) is 10.9 Å². The van der Waals surface area contributed by atoms with Crippen molar-refractivity contribution in [3.05, 3.63) is 0 Å². The van der Waals surface area contributed by atoms with Crippen molar-refractivity contribution in [3.63, 3.8) is 0 Å². The van der Waals surface area contributed by atoms with E-state index in [1.807, 2.05) is 0 Å². The Bertz CT molecular complexity index is 376.